The molecule has 29 heavy (non-hydrogen) atoms. The Morgan fingerprint density at radius 1 is 1.07 bits per heavy atom. The summed E-state index contributed by atoms with van der Waals surface area (Å²) in [6.07, 6.45) is 3.18. The molecule has 1 amide bonds. The molecule has 0 aliphatic carbocycles. The van der Waals surface area contributed by atoms with Crippen molar-refractivity contribution in [1.29, 1.82) is 0 Å². The van der Waals surface area contributed by atoms with Gasteiger partial charge in [-0.3, -0.25) is 9.69 Å². The smallest absolute Gasteiger partial charge is 0.239 e. The number of rotatable bonds is 6. The van der Waals surface area contributed by atoms with E-state index in [9.17, 15) is 4.79 Å². The van der Waals surface area contributed by atoms with Crippen molar-refractivity contribution < 1.29 is 4.79 Å². The number of likely N-dealkylation sites (tertiary alicyclic amines) is 1. The lowest BCUT2D eigenvalue weighted by Crippen LogP contribution is -2.48. The summed E-state index contributed by atoms with van der Waals surface area (Å²) in [6.45, 7) is 6.72. The zero-order valence-electron chi connectivity index (χ0n) is 17.2. The summed E-state index contributed by atoms with van der Waals surface area (Å²) >= 11 is 1.95. The number of piperidine rings is 1. The van der Waals surface area contributed by atoms with E-state index < -0.39 is 0 Å². The van der Waals surface area contributed by atoms with E-state index in [-0.39, 0.29) is 5.91 Å². The van der Waals surface area contributed by atoms with Crippen molar-refractivity contribution in [3.8, 4) is 0 Å². The topological polar surface area (TPSA) is 35.6 Å². The van der Waals surface area contributed by atoms with Gasteiger partial charge in [-0.25, -0.2) is 0 Å². The van der Waals surface area contributed by atoms with Crippen molar-refractivity contribution in [2.75, 3.05) is 31.1 Å². The van der Waals surface area contributed by atoms with E-state index in [0.29, 0.717) is 17.8 Å². The van der Waals surface area contributed by atoms with Gasteiger partial charge in [-0.15, -0.1) is 11.8 Å². The quantitative estimate of drug-likeness (QED) is 0.777. The Morgan fingerprint density at radius 2 is 1.79 bits per heavy atom. The largest absolute Gasteiger partial charge is 0.360 e. The average Bonchev–Trinajstić information content (AvgIpc) is 2.75. The number of carbonyl (C=O) groups is 1. The van der Waals surface area contributed by atoms with Gasteiger partial charge in [0.2, 0.25) is 5.91 Å². The Bertz CT molecular complexity index is 805. The zero-order valence-corrected chi connectivity index (χ0v) is 18.0. The summed E-state index contributed by atoms with van der Waals surface area (Å²) in [5, 5.41) is 3.85. The second-order valence-electron chi connectivity index (χ2n) is 8.10. The highest BCUT2D eigenvalue weighted by molar-refractivity contribution is 8.00. The number of hydrogen-bond acceptors (Lipinski definition) is 4. The lowest BCUT2D eigenvalue weighted by atomic mass is 10.0. The molecule has 154 valence electrons. The van der Waals surface area contributed by atoms with Crippen LogP contribution in [0.5, 0.6) is 0 Å². The van der Waals surface area contributed by atoms with Gasteiger partial charge in [0.1, 0.15) is 0 Å². The fourth-order valence-electron chi connectivity index (χ4n) is 4.26. The predicted molar refractivity (Wildman–Crippen MR) is 121 cm³/mol. The lowest BCUT2D eigenvalue weighted by Gasteiger charge is -2.36. The first-order valence-electron chi connectivity index (χ1n) is 10.8. The standard InChI is InChI=1S/C24H31N3OS/c1-2-21-17-27(22-10-6-7-11-23(22)29-21)18-24(28)25-20-12-14-26(15-13-20)16-19-8-4-3-5-9-19/h3-11,20-21H,2,12-18H2,1H3,(H,25,28)/t21-/m0/s1. The van der Waals surface area contributed by atoms with Gasteiger partial charge in [0.25, 0.3) is 0 Å². The fourth-order valence-corrected chi connectivity index (χ4v) is 5.52. The van der Waals surface area contributed by atoms with E-state index in [4.69, 9.17) is 0 Å². The molecule has 1 fully saturated rings. The number of nitrogens with one attached hydrogen (secondary N) is 1. The van der Waals surface area contributed by atoms with Gasteiger partial charge >= 0.3 is 0 Å². The molecule has 0 radical (unpaired) electrons. The van der Waals surface area contributed by atoms with Gasteiger partial charge in [-0.05, 0) is 37.0 Å². The molecule has 2 aromatic carbocycles. The Labute approximate surface area is 178 Å². The van der Waals surface area contributed by atoms with Crippen LogP contribution < -0.4 is 10.2 Å². The van der Waals surface area contributed by atoms with Crippen molar-refractivity contribution in [3.63, 3.8) is 0 Å². The van der Waals surface area contributed by atoms with Crippen molar-refractivity contribution in [1.82, 2.24) is 10.2 Å². The Hall–Kier alpha value is -1.98. The van der Waals surface area contributed by atoms with Crippen molar-refractivity contribution in [2.24, 2.45) is 0 Å². The number of carbonyl (C=O) groups excluding carboxylic acids is 1. The van der Waals surface area contributed by atoms with E-state index in [1.54, 1.807) is 0 Å². The minimum Gasteiger partial charge on any atom is -0.360 e. The number of thioether (sulfide) groups is 1. The van der Waals surface area contributed by atoms with E-state index in [1.165, 1.54) is 16.1 Å². The summed E-state index contributed by atoms with van der Waals surface area (Å²) in [5.74, 6) is 0.156. The third-order valence-electron chi connectivity index (χ3n) is 5.92. The van der Waals surface area contributed by atoms with Gasteiger partial charge in [0.05, 0.1) is 12.2 Å². The van der Waals surface area contributed by atoms with Gasteiger partial charge in [0.15, 0.2) is 0 Å². The minimum absolute atomic E-state index is 0.156. The average molecular weight is 410 g/mol. The molecule has 2 heterocycles. The number of amides is 1. The van der Waals surface area contributed by atoms with Crippen LogP contribution in [0.15, 0.2) is 59.5 Å². The molecule has 0 aromatic heterocycles. The molecule has 0 unspecified atom stereocenters. The first-order valence-corrected chi connectivity index (χ1v) is 11.7. The SMILES string of the molecule is CC[C@H]1CN(CC(=O)NC2CCN(Cc3ccccc3)CC2)c2ccccc2S1. The maximum absolute atomic E-state index is 12.8. The molecule has 1 N–H and O–H groups in total. The van der Waals surface area contributed by atoms with E-state index in [0.717, 1.165) is 45.4 Å². The number of hydrogen-bond donors (Lipinski definition) is 1. The zero-order chi connectivity index (χ0) is 20.1. The van der Waals surface area contributed by atoms with E-state index >= 15 is 0 Å². The number of nitrogens with zero attached hydrogens (tertiary/aromatic N) is 2. The van der Waals surface area contributed by atoms with Crippen molar-refractivity contribution in [2.45, 2.75) is 48.9 Å². The number of fused-ring (bicyclic) bond motifs is 1. The van der Waals surface area contributed by atoms with Crippen LogP contribution in [0.3, 0.4) is 0 Å². The molecule has 0 bridgehead atoms. The van der Waals surface area contributed by atoms with Crippen molar-refractivity contribution >= 4 is 23.4 Å². The molecule has 4 nitrogen and oxygen atoms in total. The highest BCUT2D eigenvalue weighted by atomic mass is 32.2. The Morgan fingerprint density at radius 3 is 2.55 bits per heavy atom. The van der Waals surface area contributed by atoms with Crippen LogP contribution in [-0.4, -0.2) is 48.3 Å². The normalized spacial score (nSPS) is 20.3. The van der Waals surface area contributed by atoms with Crippen LogP contribution in [0.1, 0.15) is 31.7 Å². The second-order valence-corrected chi connectivity index (χ2v) is 9.44. The highest BCUT2D eigenvalue weighted by Crippen LogP contribution is 2.39. The van der Waals surface area contributed by atoms with Gasteiger partial charge < -0.3 is 10.2 Å². The number of benzene rings is 2. The molecule has 2 aliphatic heterocycles. The van der Waals surface area contributed by atoms with Crippen LogP contribution in [-0.2, 0) is 11.3 Å². The molecule has 1 atom stereocenters. The molecule has 0 spiro atoms. The molecule has 0 saturated carbocycles. The van der Waals surface area contributed by atoms with Crippen molar-refractivity contribution in [3.05, 3.63) is 60.2 Å². The lowest BCUT2D eigenvalue weighted by molar-refractivity contribution is -0.120. The van der Waals surface area contributed by atoms with E-state index in [1.807, 2.05) is 11.8 Å². The first-order chi connectivity index (χ1) is 14.2. The van der Waals surface area contributed by atoms with Crippen LogP contribution in [0.2, 0.25) is 0 Å². The van der Waals surface area contributed by atoms with Crippen LogP contribution >= 0.6 is 11.8 Å². The maximum Gasteiger partial charge on any atom is 0.239 e. The van der Waals surface area contributed by atoms with Crippen LogP contribution in [0.25, 0.3) is 0 Å². The molecule has 1 saturated heterocycles. The summed E-state index contributed by atoms with van der Waals surface area (Å²) in [6, 6.07) is 19.4. The third-order valence-corrected chi connectivity index (χ3v) is 7.33. The fraction of sp³-hybridized carbons (Fsp3) is 0.458. The monoisotopic (exact) mass is 409 g/mol. The second kappa shape index (κ2) is 9.68. The minimum atomic E-state index is 0.156. The third kappa shape index (κ3) is 5.34. The summed E-state index contributed by atoms with van der Waals surface area (Å²) in [7, 11) is 0. The predicted octanol–water partition coefficient (Wildman–Crippen LogP) is 4.16. The van der Waals surface area contributed by atoms with Gasteiger partial charge in [-0.2, -0.15) is 0 Å². The summed E-state index contributed by atoms with van der Waals surface area (Å²) in [4.78, 5) is 18.8. The van der Waals surface area contributed by atoms with Crippen LogP contribution in [0, 0.1) is 0 Å². The van der Waals surface area contributed by atoms with Gasteiger partial charge in [-0.1, -0.05) is 49.4 Å². The number of anilines is 1. The molecule has 5 heteroatoms. The molecule has 2 aromatic rings. The Kier molecular flexibility index (Phi) is 6.78. The molecular weight excluding hydrogens is 378 g/mol. The van der Waals surface area contributed by atoms with Gasteiger partial charge in [0, 0.05) is 42.4 Å². The highest BCUT2D eigenvalue weighted by Gasteiger charge is 2.26. The van der Waals surface area contributed by atoms with E-state index in [2.05, 4.69) is 76.6 Å². The summed E-state index contributed by atoms with van der Waals surface area (Å²) < 4.78 is 0. The maximum atomic E-state index is 12.8. The molecule has 4 rings (SSSR count). The molecular formula is C24H31N3OS. The first kappa shape index (κ1) is 20.3. The van der Waals surface area contributed by atoms with Crippen LogP contribution in [0.4, 0.5) is 5.69 Å². The number of para-hydroxylation sites is 1. The Balaban J connectivity index is 1.27. The molecule has 2 aliphatic rings. The summed E-state index contributed by atoms with van der Waals surface area (Å²) in [5.41, 5.74) is 2.57.